The summed E-state index contributed by atoms with van der Waals surface area (Å²) >= 11 is 1.36. The number of benzene rings is 1. The normalized spacial score (nSPS) is 28.7. The first-order chi connectivity index (χ1) is 11.2. The molecule has 2 aliphatic heterocycles. The van der Waals surface area contributed by atoms with E-state index in [4.69, 9.17) is 0 Å². The Hall–Kier alpha value is -2.06. The Morgan fingerprint density at radius 1 is 1.33 bits per heavy atom. The number of carbonyl (C=O) groups is 3. The number of carbonyl (C=O) groups excluding carboxylic acids is 3. The van der Waals surface area contributed by atoms with Crippen molar-refractivity contribution < 1.29 is 25.2 Å². The molecule has 2 amide bonds. The number of nitrogens with one attached hydrogen (secondary N) is 1. The Morgan fingerprint density at radius 2 is 1.96 bits per heavy atom. The third-order valence-corrected chi connectivity index (χ3v) is 6.05. The van der Waals surface area contributed by atoms with E-state index in [0.717, 1.165) is 5.56 Å². The lowest BCUT2D eigenvalue weighted by molar-refractivity contribution is -0.409. The molecule has 0 radical (unpaired) electrons. The second kappa shape index (κ2) is 5.78. The molecule has 0 spiro atoms. The first-order valence-electron chi connectivity index (χ1n) is 7.63. The number of amides is 2. The van der Waals surface area contributed by atoms with Crippen molar-refractivity contribution in [2.24, 2.45) is 0 Å². The van der Waals surface area contributed by atoms with Gasteiger partial charge in [0, 0.05) is 10.3 Å². The molecule has 3 rings (SSSR count). The van der Waals surface area contributed by atoms with Gasteiger partial charge in [0.25, 0.3) is 5.91 Å². The molecule has 1 aromatic rings. The van der Waals surface area contributed by atoms with Gasteiger partial charge in [-0.3, -0.25) is 9.59 Å². The maximum atomic E-state index is 12.4. The summed E-state index contributed by atoms with van der Waals surface area (Å²) < 4.78 is -0.665. The summed E-state index contributed by atoms with van der Waals surface area (Å²) in [7, 11) is 0. The van der Waals surface area contributed by atoms with E-state index >= 15 is 0 Å². The third kappa shape index (κ3) is 2.55. The van der Waals surface area contributed by atoms with Crippen molar-refractivity contribution in [3.05, 3.63) is 35.9 Å². The van der Waals surface area contributed by atoms with Gasteiger partial charge >= 0.3 is 0 Å². The number of carboxylic acid groups (broad SMARTS) is 1. The lowest BCUT2D eigenvalue weighted by atomic mass is 9.95. The molecule has 2 saturated heterocycles. The monoisotopic (exact) mass is 349 g/mol. The minimum absolute atomic E-state index is 0.352. The summed E-state index contributed by atoms with van der Waals surface area (Å²) in [5, 5.41) is 13.7. The van der Waals surface area contributed by atoms with Crippen LogP contribution < -0.4 is 16.2 Å². The van der Waals surface area contributed by atoms with Crippen molar-refractivity contribution >= 4 is 29.5 Å². The highest BCUT2D eigenvalue weighted by molar-refractivity contribution is 8.01. The molecule has 1 aromatic carbocycles. The van der Waals surface area contributed by atoms with Crippen LogP contribution in [0.25, 0.3) is 0 Å². The lowest BCUT2D eigenvalue weighted by Crippen LogP contribution is -2.73. The first kappa shape index (κ1) is 16.8. The SMILES string of the molecule is CC1(C)S[C@H]2[C@H](NC(=O)[C@H]([NH3+])c3ccccc3)C(=O)N2[C@H]1C(=O)[O-]. The number of nitrogens with zero attached hydrogens (tertiary/aromatic N) is 1. The van der Waals surface area contributed by atoms with Gasteiger partial charge in [-0.2, -0.15) is 0 Å². The second-order valence-corrected chi connectivity index (χ2v) is 8.30. The minimum Gasteiger partial charge on any atom is -0.548 e. The molecule has 0 aliphatic carbocycles. The molecule has 7 nitrogen and oxygen atoms in total. The topological polar surface area (TPSA) is 117 Å². The van der Waals surface area contributed by atoms with Crippen LogP contribution in [0.4, 0.5) is 0 Å². The van der Waals surface area contributed by atoms with Gasteiger partial charge in [-0.15, -0.1) is 11.8 Å². The highest BCUT2D eigenvalue weighted by atomic mass is 32.2. The molecule has 2 aliphatic rings. The van der Waals surface area contributed by atoms with Crippen LogP contribution in [0.1, 0.15) is 25.5 Å². The number of hydrogen-bond donors (Lipinski definition) is 2. The molecule has 4 N–H and O–H groups in total. The molecule has 2 fully saturated rings. The molecule has 8 heteroatoms. The first-order valence-corrected chi connectivity index (χ1v) is 8.51. The van der Waals surface area contributed by atoms with Gasteiger partial charge in [0.05, 0.1) is 12.0 Å². The molecule has 0 aromatic heterocycles. The zero-order valence-electron chi connectivity index (χ0n) is 13.4. The van der Waals surface area contributed by atoms with Gasteiger partial charge in [0.2, 0.25) is 5.91 Å². The number of carboxylic acids is 1. The number of β-lactam (4-membered cyclic amide) rings is 1. The molecule has 4 atom stereocenters. The van der Waals surface area contributed by atoms with Crippen LogP contribution in [0.15, 0.2) is 30.3 Å². The van der Waals surface area contributed by atoms with Gasteiger partial charge in [-0.05, 0) is 13.8 Å². The van der Waals surface area contributed by atoms with E-state index in [0.29, 0.717) is 0 Å². The Morgan fingerprint density at radius 3 is 2.54 bits per heavy atom. The van der Waals surface area contributed by atoms with Crippen LogP contribution in [0.5, 0.6) is 0 Å². The zero-order valence-corrected chi connectivity index (χ0v) is 14.2. The van der Waals surface area contributed by atoms with E-state index in [9.17, 15) is 19.5 Å². The number of fused-ring (bicyclic) bond motifs is 1. The maximum Gasteiger partial charge on any atom is 0.283 e. The van der Waals surface area contributed by atoms with Gasteiger partial charge in [-0.1, -0.05) is 30.3 Å². The van der Waals surface area contributed by atoms with E-state index in [-0.39, 0.29) is 17.2 Å². The van der Waals surface area contributed by atoms with Crippen molar-refractivity contribution in [3.63, 3.8) is 0 Å². The van der Waals surface area contributed by atoms with Gasteiger partial charge in [0.15, 0.2) is 6.04 Å². The van der Waals surface area contributed by atoms with E-state index in [1.54, 1.807) is 26.0 Å². The Bertz CT molecular complexity index is 694. The number of rotatable bonds is 4. The van der Waals surface area contributed by atoms with E-state index in [2.05, 4.69) is 11.1 Å². The third-order valence-electron chi connectivity index (χ3n) is 4.48. The highest BCUT2D eigenvalue weighted by Gasteiger charge is 2.62. The Balaban J connectivity index is 1.71. The van der Waals surface area contributed by atoms with Crippen LogP contribution in [-0.4, -0.2) is 44.9 Å². The van der Waals surface area contributed by atoms with Crippen molar-refractivity contribution in [2.75, 3.05) is 0 Å². The largest absolute Gasteiger partial charge is 0.548 e. The average molecular weight is 349 g/mol. The van der Waals surface area contributed by atoms with Crippen LogP contribution in [0.3, 0.4) is 0 Å². The van der Waals surface area contributed by atoms with Crippen molar-refractivity contribution in [1.82, 2.24) is 10.2 Å². The van der Waals surface area contributed by atoms with Crippen molar-refractivity contribution in [3.8, 4) is 0 Å². The van der Waals surface area contributed by atoms with E-state index in [1.807, 2.05) is 18.2 Å². The van der Waals surface area contributed by atoms with E-state index in [1.165, 1.54) is 16.7 Å². The molecule has 0 bridgehead atoms. The summed E-state index contributed by atoms with van der Waals surface area (Å²) in [6.45, 7) is 3.52. The Labute approximate surface area is 143 Å². The molecular formula is C16H19N3O4S. The van der Waals surface area contributed by atoms with Crippen LogP contribution in [0.2, 0.25) is 0 Å². The average Bonchev–Trinajstić information content (AvgIpc) is 2.80. The maximum absolute atomic E-state index is 12.4. The Kier molecular flexibility index (Phi) is 4.05. The summed E-state index contributed by atoms with van der Waals surface area (Å²) in [6, 6.07) is 6.73. The second-order valence-electron chi connectivity index (χ2n) is 6.53. The highest BCUT2D eigenvalue weighted by Crippen LogP contribution is 2.50. The number of quaternary nitrogens is 1. The van der Waals surface area contributed by atoms with Crippen LogP contribution in [0, 0.1) is 0 Å². The van der Waals surface area contributed by atoms with Gasteiger partial charge < -0.3 is 25.9 Å². The smallest absolute Gasteiger partial charge is 0.283 e. The molecule has 128 valence electrons. The van der Waals surface area contributed by atoms with Gasteiger partial charge in [-0.25, -0.2) is 0 Å². The summed E-state index contributed by atoms with van der Waals surface area (Å²) in [4.78, 5) is 37.4. The summed E-state index contributed by atoms with van der Waals surface area (Å²) in [5.74, 6) is -2.01. The fourth-order valence-electron chi connectivity index (χ4n) is 3.22. The van der Waals surface area contributed by atoms with Crippen molar-refractivity contribution in [1.29, 1.82) is 0 Å². The quantitative estimate of drug-likeness (QED) is 0.626. The van der Waals surface area contributed by atoms with Crippen LogP contribution >= 0.6 is 11.8 Å². The van der Waals surface area contributed by atoms with E-state index < -0.39 is 28.8 Å². The predicted octanol–water partition coefficient (Wildman–Crippen LogP) is -1.73. The zero-order chi connectivity index (χ0) is 17.6. The number of aliphatic carboxylic acids is 1. The standard InChI is InChI=1S/C16H19N3O4S/c1-16(2)11(15(22)23)19-13(21)10(14(19)24-16)18-12(20)9(17)8-6-4-3-5-7-8/h3-7,9-11,14H,17H2,1-2H3,(H,18,20)(H,22,23)/t9-,10-,11+,14+/m1/s1. The number of hydrogen-bond acceptors (Lipinski definition) is 5. The fraction of sp³-hybridized carbons (Fsp3) is 0.438. The van der Waals surface area contributed by atoms with Crippen molar-refractivity contribution in [2.45, 2.75) is 42.1 Å². The molecule has 0 unspecified atom stereocenters. The van der Waals surface area contributed by atoms with Gasteiger partial charge in [0.1, 0.15) is 11.4 Å². The van der Waals surface area contributed by atoms with Crippen LogP contribution in [-0.2, 0) is 14.4 Å². The predicted molar refractivity (Wildman–Crippen MR) is 85.1 cm³/mol. The number of thioether (sulfide) groups is 1. The summed E-state index contributed by atoms with van der Waals surface area (Å²) in [6.07, 6.45) is 0. The minimum atomic E-state index is -1.27. The molecular weight excluding hydrogens is 330 g/mol. The lowest BCUT2D eigenvalue weighted by Gasteiger charge is -2.45. The molecule has 0 saturated carbocycles. The molecule has 2 heterocycles. The molecule has 24 heavy (non-hydrogen) atoms. The summed E-state index contributed by atoms with van der Waals surface area (Å²) in [5.41, 5.74) is 4.61. The fourth-order valence-corrected chi connectivity index (χ4v) is 4.84.